The number of allylic oxidation sites excluding steroid dienone is 23. The lowest BCUT2D eigenvalue weighted by atomic mass is 10.1. The molecule has 12 heteroatoms. The van der Waals surface area contributed by atoms with E-state index >= 15 is 0 Å². The number of unbranched alkanes of at least 4 members (excludes halogenated alkanes) is 7. The predicted molar refractivity (Wildman–Crippen MR) is 297 cm³/mol. The van der Waals surface area contributed by atoms with Crippen molar-refractivity contribution >= 4 is 25.7 Å². The third-order valence-electron chi connectivity index (χ3n) is 10.3. The van der Waals surface area contributed by atoms with E-state index in [4.69, 9.17) is 23.3 Å². The summed E-state index contributed by atoms with van der Waals surface area (Å²) in [5.41, 5.74) is 0. The maximum absolute atomic E-state index is 12.8. The first-order chi connectivity index (χ1) is 35.2. The van der Waals surface area contributed by atoms with Crippen LogP contribution in [0, 0.1) is 0 Å². The summed E-state index contributed by atoms with van der Waals surface area (Å²) >= 11 is 0. The van der Waals surface area contributed by atoms with Crippen LogP contribution in [0.1, 0.15) is 175 Å². The maximum Gasteiger partial charge on any atom is 0.472 e. The predicted octanol–water partition coefficient (Wildman–Crippen LogP) is 15.6. The fourth-order valence-electron chi connectivity index (χ4n) is 6.26. The van der Waals surface area contributed by atoms with Gasteiger partial charge < -0.3 is 24.2 Å². The highest BCUT2D eigenvalue weighted by molar-refractivity contribution is 7.47. The van der Waals surface area contributed by atoms with Crippen molar-refractivity contribution in [1.82, 2.24) is 0 Å². The Morgan fingerprint density at radius 1 is 0.417 bits per heavy atom. The molecule has 0 aliphatic rings. The third-order valence-corrected chi connectivity index (χ3v) is 11.2. The van der Waals surface area contributed by atoms with Gasteiger partial charge in [-0.2, -0.15) is 0 Å². The summed E-state index contributed by atoms with van der Waals surface area (Å²) in [7, 11) is -4.79. The zero-order valence-electron chi connectivity index (χ0n) is 44.3. The molecule has 404 valence electrons. The second-order valence-corrected chi connectivity index (χ2v) is 18.4. The van der Waals surface area contributed by atoms with E-state index < -0.39 is 64.4 Å². The van der Waals surface area contributed by atoms with Crippen molar-refractivity contribution < 1.29 is 52.2 Å². The molecule has 0 radical (unpaired) electrons. The highest BCUT2D eigenvalue weighted by Gasteiger charge is 2.28. The smallest absolute Gasteiger partial charge is 0.462 e. The first-order valence-electron chi connectivity index (χ1n) is 26.7. The minimum Gasteiger partial charge on any atom is -0.462 e. The van der Waals surface area contributed by atoms with E-state index in [0.717, 1.165) is 103 Å². The third kappa shape index (κ3) is 50.3. The van der Waals surface area contributed by atoms with Crippen molar-refractivity contribution in [2.75, 3.05) is 26.4 Å². The van der Waals surface area contributed by atoms with E-state index in [2.05, 4.69) is 130 Å². The zero-order valence-corrected chi connectivity index (χ0v) is 45.2. The molecule has 11 nitrogen and oxygen atoms in total. The fourth-order valence-corrected chi connectivity index (χ4v) is 7.04. The Labute approximate surface area is 435 Å². The number of rotatable bonds is 47. The van der Waals surface area contributed by atoms with Gasteiger partial charge in [0, 0.05) is 12.8 Å². The molecule has 3 atom stereocenters. The van der Waals surface area contributed by atoms with Gasteiger partial charge >= 0.3 is 25.7 Å². The summed E-state index contributed by atoms with van der Waals surface area (Å²) in [4.78, 5) is 48.3. The molecule has 0 aromatic rings. The summed E-state index contributed by atoms with van der Waals surface area (Å²) in [6, 6.07) is 0. The lowest BCUT2D eigenvalue weighted by Crippen LogP contribution is -2.30. The number of ether oxygens (including phenoxy) is 3. The molecule has 0 rings (SSSR count). The topological polar surface area (TPSA) is 155 Å². The van der Waals surface area contributed by atoms with Crippen LogP contribution in [0.2, 0.25) is 0 Å². The molecule has 0 saturated carbocycles. The van der Waals surface area contributed by atoms with Crippen LogP contribution in [0.25, 0.3) is 0 Å². The van der Waals surface area contributed by atoms with E-state index in [9.17, 15) is 28.9 Å². The Hall–Kier alpha value is -4.64. The minimum absolute atomic E-state index is 0.0731. The van der Waals surface area contributed by atoms with Crippen LogP contribution in [-0.4, -0.2) is 66.5 Å². The molecule has 0 saturated heterocycles. The highest BCUT2D eigenvalue weighted by Crippen LogP contribution is 2.43. The Balaban J connectivity index is 4.99. The summed E-state index contributed by atoms with van der Waals surface area (Å²) in [5, 5.41) is 9.77. The highest BCUT2D eigenvalue weighted by atomic mass is 31.2. The number of esters is 3. The van der Waals surface area contributed by atoms with Crippen LogP contribution in [0.15, 0.2) is 146 Å². The number of aliphatic hydroxyl groups excluding tert-OH is 1. The van der Waals surface area contributed by atoms with Crippen LogP contribution < -0.4 is 0 Å². The van der Waals surface area contributed by atoms with Crippen LogP contribution in [0.3, 0.4) is 0 Å². The Morgan fingerprint density at radius 3 is 1.28 bits per heavy atom. The normalized spacial score (nSPS) is 14.6. The van der Waals surface area contributed by atoms with Gasteiger partial charge in [0.1, 0.15) is 12.7 Å². The van der Waals surface area contributed by atoms with Gasteiger partial charge in [0.2, 0.25) is 0 Å². The fraction of sp³-hybridized carbons (Fsp3) is 0.550. The van der Waals surface area contributed by atoms with Crippen molar-refractivity contribution in [3.63, 3.8) is 0 Å². The van der Waals surface area contributed by atoms with Gasteiger partial charge in [-0.05, 0) is 103 Å². The molecule has 0 aliphatic heterocycles. The lowest BCUT2D eigenvalue weighted by Gasteiger charge is -2.21. The largest absolute Gasteiger partial charge is 0.472 e. The number of phosphoric acid groups is 1. The van der Waals surface area contributed by atoms with Gasteiger partial charge in [0.05, 0.1) is 26.2 Å². The molecule has 0 heterocycles. The zero-order chi connectivity index (χ0) is 52.7. The summed E-state index contributed by atoms with van der Waals surface area (Å²) < 4.78 is 39.1. The van der Waals surface area contributed by atoms with Crippen LogP contribution in [-0.2, 0) is 42.2 Å². The van der Waals surface area contributed by atoms with Crippen molar-refractivity contribution in [1.29, 1.82) is 0 Å². The summed E-state index contributed by atoms with van der Waals surface area (Å²) in [5.74, 6) is -1.75. The van der Waals surface area contributed by atoms with Gasteiger partial charge in [0.25, 0.3) is 0 Å². The van der Waals surface area contributed by atoms with Crippen molar-refractivity contribution in [3.8, 4) is 0 Å². The SMILES string of the molecule is CC/C=C\C/C=C\C/C=C\C/C=C\C/C=C\C/C=C\CCC(=O)OCC(COP(=O)(O)OCC(CO)OC(=O)CCCCCCC/C=C\CCCC)OC(=O)C/C=C\C/C=C\C/C=C\C/C=C\C/C=C\CC. The minimum atomic E-state index is -4.79. The molecule has 72 heavy (non-hydrogen) atoms. The van der Waals surface area contributed by atoms with Crippen LogP contribution in [0.5, 0.6) is 0 Å². The average Bonchev–Trinajstić information content (AvgIpc) is 3.37. The number of aliphatic hydroxyl groups is 1. The quantitative estimate of drug-likeness (QED) is 0.0197. The van der Waals surface area contributed by atoms with E-state index in [1.54, 1.807) is 6.08 Å². The number of carbonyl (C=O) groups is 3. The monoisotopic (exact) mass is 1020 g/mol. The first-order valence-corrected chi connectivity index (χ1v) is 28.2. The molecule has 0 aromatic carbocycles. The Morgan fingerprint density at radius 2 is 0.806 bits per heavy atom. The molecular formula is C60H93O11P. The van der Waals surface area contributed by atoms with E-state index in [-0.39, 0.29) is 19.3 Å². The van der Waals surface area contributed by atoms with Gasteiger partial charge in [-0.1, -0.05) is 199 Å². The Bertz CT molecular complexity index is 1760. The average molecular weight is 1020 g/mol. The second kappa shape index (κ2) is 52.7. The molecule has 2 N–H and O–H groups in total. The number of phosphoric ester groups is 1. The number of hydrogen-bond donors (Lipinski definition) is 2. The van der Waals surface area contributed by atoms with Crippen LogP contribution >= 0.6 is 7.82 Å². The molecule has 0 fully saturated rings. The van der Waals surface area contributed by atoms with Gasteiger partial charge in [-0.25, -0.2) is 4.57 Å². The lowest BCUT2D eigenvalue weighted by molar-refractivity contribution is -0.160. The van der Waals surface area contributed by atoms with Crippen LogP contribution in [0.4, 0.5) is 0 Å². The number of hydrogen-bond acceptors (Lipinski definition) is 10. The molecule has 0 amide bonds. The van der Waals surface area contributed by atoms with Gasteiger partial charge in [-0.3, -0.25) is 23.4 Å². The molecule has 0 bridgehead atoms. The van der Waals surface area contributed by atoms with Gasteiger partial charge in [0.15, 0.2) is 6.10 Å². The first kappa shape index (κ1) is 67.4. The van der Waals surface area contributed by atoms with E-state index in [0.29, 0.717) is 19.3 Å². The molecule has 0 spiro atoms. The van der Waals surface area contributed by atoms with Gasteiger partial charge in [-0.15, -0.1) is 0 Å². The molecule has 3 unspecified atom stereocenters. The number of carbonyl (C=O) groups excluding carboxylic acids is 3. The molecular weight excluding hydrogens is 928 g/mol. The van der Waals surface area contributed by atoms with Crippen molar-refractivity contribution in [2.45, 2.75) is 187 Å². The molecule has 0 aromatic heterocycles. The Kier molecular flexibility index (Phi) is 49.3. The van der Waals surface area contributed by atoms with Crippen molar-refractivity contribution in [3.05, 3.63) is 146 Å². The van der Waals surface area contributed by atoms with E-state index in [1.807, 2.05) is 30.4 Å². The maximum atomic E-state index is 12.8. The summed E-state index contributed by atoms with van der Waals surface area (Å²) in [6.07, 6.45) is 67.2. The second-order valence-electron chi connectivity index (χ2n) is 16.9. The van der Waals surface area contributed by atoms with E-state index in [1.165, 1.54) is 12.8 Å². The summed E-state index contributed by atoms with van der Waals surface area (Å²) in [6.45, 7) is 4.12. The van der Waals surface area contributed by atoms with Crippen molar-refractivity contribution in [2.24, 2.45) is 0 Å². The molecule has 0 aliphatic carbocycles. The standard InChI is InChI=1S/C60H93O11P/c1-4-7-10-13-16-19-22-24-26-27-28-29-31-32-35-37-40-43-46-49-58(62)67-53-57(71-60(64)51-48-45-42-39-36-33-30-25-23-20-17-14-11-8-5-2)55-69-72(65,66)68-54-56(52-61)70-59(63)50-47-44-41-38-34-21-18-15-12-9-6-3/h7-8,10-11,15-20,24-26,28-30,32,35-36,39-40,43,45,48,56-57,61H,4-6,9,12-14,21-23,27,31,33-34,37-38,41-42,44,46-47,49-55H2,1-3H3,(H,65,66)/b10-7-,11-8-,18-15-,19-16-,20-17-,26-24-,29-28-,30-25-,35-32-,39-36-,43-40-,48-45-.